The highest BCUT2D eigenvalue weighted by Crippen LogP contribution is 2.21. The third-order valence-electron chi connectivity index (χ3n) is 3.31. The van der Waals surface area contributed by atoms with Gasteiger partial charge in [-0.05, 0) is 19.3 Å². The Morgan fingerprint density at radius 1 is 1.53 bits per heavy atom. The van der Waals surface area contributed by atoms with Gasteiger partial charge in [0.15, 0.2) is 0 Å². The van der Waals surface area contributed by atoms with E-state index in [0.29, 0.717) is 12.8 Å². The molecule has 1 atom stereocenters. The van der Waals surface area contributed by atoms with Gasteiger partial charge >= 0.3 is 5.97 Å². The molecule has 1 aromatic rings. The van der Waals surface area contributed by atoms with Gasteiger partial charge in [0.05, 0.1) is 17.6 Å². The normalized spacial score (nSPS) is 14.1. The van der Waals surface area contributed by atoms with E-state index >= 15 is 0 Å². The van der Waals surface area contributed by atoms with Crippen LogP contribution in [0.25, 0.3) is 0 Å². The zero-order valence-corrected chi connectivity index (χ0v) is 12.3. The molecule has 19 heavy (non-hydrogen) atoms. The van der Waals surface area contributed by atoms with Crippen molar-refractivity contribution in [1.29, 1.82) is 0 Å². The number of aromatic nitrogens is 1. The first-order chi connectivity index (χ1) is 8.83. The average Bonchev–Trinajstić information content (AvgIpc) is 2.77. The summed E-state index contributed by atoms with van der Waals surface area (Å²) < 4.78 is 0. The number of rotatable bonds is 7. The number of carbonyl (C=O) groups excluding carboxylic acids is 1. The van der Waals surface area contributed by atoms with Crippen LogP contribution in [0.4, 0.5) is 0 Å². The zero-order valence-electron chi connectivity index (χ0n) is 11.5. The molecule has 0 spiro atoms. The standard InChI is InChI=1S/C13H20N2O3S/c1-9(2)13(3,6-12(17)18)15-11(16)5-4-10-7-19-8-14-10/h7-9H,4-6H2,1-3H3,(H,15,16)(H,17,18). The Bertz CT molecular complexity index is 431. The van der Waals surface area contributed by atoms with Gasteiger partial charge in [-0.1, -0.05) is 13.8 Å². The van der Waals surface area contributed by atoms with Crippen molar-refractivity contribution in [2.75, 3.05) is 0 Å². The maximum atomic E-state index is 11.9. The minimum Gasteiger partial charge on any atom is -0.481 e. The largest absolute Gasteiger partial charge is 0.481 e. The summed E-state index contributed by atoms with van der Waals surface area (Å²) in [6, 6.07) is 0. The van der Waals surface area contributed by atoms with Gasteiger partial charge in [0.2, 0.25) is 5.91 Å². The molecular weight excluding hydrogens is 264 g/mol. The minimum absolute atomic E-state index is 0.0480. The van der Waals surface area contributed by atoms with Crippen LogP contribution in [0.5, 0.6) is 0 Å². The van der Waals surface area contributed by atoms with Crippen LogP contribution in [0.15, 0.2) is 10.9 Å². The summed E-state index contributed by atoms with van der Waals surface area (Å²) in [5.41, 5.74) is 1.91. The molecule has 0 aliphatic rings. The SMILES string of the molecule is CC(C)C(C)(CC(=O)O)NC(=O)CCc1cscn1. The Morgan fingerprint density at radius 3 is 2.68 bits per heavy atom. The Kier molecular flexibility index (Phi) is 5.47. The summed E-state index contributed by atoms with van der Waals surface area (Å²) in [5.74, 6) is -0.992. The summed E-state index contributed by atoms with van der Waals surface area (Å²) in [6.45, 7) is 5.58. The fourth-order valence-electron chi connectivity index (χ4n) is 1.69. The number of aliphatic carboxylic acids is 1. The highest BCUT2D eigenvalue weighted by atomic mass is 32.1. The molecule has 0 fully saturated rings. The van der Waals surface area contributed by atoms with Gasteiger partial charge in [-0.25, -0.2) is 4.98 Å². The van der Waals surface area contributed by atoms with E-state index in [2.05, 4.69) is 10.3 Å². The van der Waals surface area contributed by atoms with Crippen LogP contribution in [0.2, 0.25) is 0 Å². The zero-order chi connectivity index (χ0) is 14.5. The van der Waals surface area contributed by atoms with Crippen molar-refractivity contribution in [3.8, 4) is 0 Å². The molecule has 0 aliphatic heterocycles. The number of hydrogen-bond donors (Lipinski definition) is 2. The average molecular weight is 284 g/mol. The number of thiazole rings is 1. The first-order valence-corrected chi connectivity index (χ1v) is 7.17. The Morgan fingerprint density at radius 2 is 2.21 bits per heavy atom. The molecule has 0 aliphatic carbocycles. The van der Waals surface area contributed by atoms with E-state index in [-0.39, 0.29) is 18.2 Å². The number of carboxylic acids is 1. The summed E-state index contributed by atoms with van der Waals surface area (Å²) >= 11 is 1.50. The monoisotopic (exact) mass is 284 g/mol. The Balaban J connectivity index is 2.54. The topological polar surface area (TPSA) is 79.3 Å². The van der Waals surface area contributed by atoms with E-state index in [1.54, 1.807) is 12.4 Å². The fraction of sp³-hybridized carbons (Fsp3) is 0.615. The Labute approximate surface area is 117 Å². The first kappa shape index (κ1) is 15.6. The van der Waals surface area contributed by atoms with Crippen molar-refractivity contribution in [3.63, 3.8) is 0 Å². The maximum Gasteiger partial charge on any atom is 0.305 e. The van der Waals surface area contributed by atoms with E-state index in [0.717, 1.165) is 5.69 Å². The lowest BCUT2D eigenvalue weighted by molar-refractivity contribution is -0.139. The van der Waals surface area contributed by atoms with Crippen molar-refractivity contribution in [1.82, 2.24) is 10.3 Å². The van der Waals surface area contributed by atoms with Crippen molar-refractivity contribution >= 4 is 23.2 Å². The molecular formula is C13H20N2O3S. The van der Waals surface area contributed by atoms with E-state index in [9.17, 15) is 9.59 Å². The molecule has 6 heteroatoms. The highest BCUT2D eigenvalue weighted by Gasteiger charge is 2.32. The quantitative estimate of drug-likeness (QED) is 0.803. The van der Waals surface area contributed by atoms with Gasteiger partial charge in [0, 0.05) is 17.3 Å². The van der Waals surface area contributed by atoms with Gasteiger partial charge in [-0.2, -0.15) is 0 Å². The molecule has 0 saturated heterocycles. The lowest BCUT2D eigenvalue weighted by Gasteiger charge is -2.33. The predicted octanol–water partition coefficient (Wildman–Crippen LogP) is 2.08. The van der Waals surface area contributed by atoms with Crippen molar-refractivity contribution in [2.45, 2.75) is 45.6 Å². The fourth-order valence-corrected chi connectivity index (χ4v) is 2.28. The summed E-state index contributed by atoms with van der Waals surface area (Å²) in [7, 11) is 0. The predicted molar refractivity (Wildman–Crippen MR) is 74.1 cm³/mol. The summed E-state index contributed by atoms with van der Waals surface area (Å²) in [5, 5.41) is 13.7. The van der Waals surface area contributed by atoms with Crippen LogP contribution in [-0.4, -0.2) is 27.5 Å². The van der Waals surface area contributed by atoms with Crippen LogP contribution in [-0.2, 0) is 16.0 Å². The third-order valence-corrected chi connectivity index (χ3v) is 3.94. The van der Waals surface area contributed by atoms with Gasteiger partial charge in [0.1, 0.15) is 0 Å². The molecule has 0 bridgehead atoms. The summed E-state index contributed by atoms with van der Waals surface area (Å²) in [6.07, 6.45) is 0.829. The molecule has 1 aromatic heterocycles. The molecule has 1 unspecified atom stereocenters. The van der Waals surface area contributed by atoms with Crippen LogP contribution in [0.1, 0.15) is 39.3 Å². The van der Waals surface area contributed by atoms with Crippen molar-refractivity contribution < 1.29 is 14.7 Å². The molecule has 2 N–H and O–H groups in total. The number of hydrogen-bond acceptors (Lipinski definition) is 4. The van der Waals surface area contributed by atoms with Crippen LogP contribution < -0.4 is 5.32 Å². The van der Waals surface area contributed by atoms with Gasteiger partial charge < -0.3 is 10.4 Å². The van der Waals surface area contributed by atoms with Crippen LogP contribution in [0, 0.1) is 5.92 Å². The second kappa shape index (κ2) is 6.65. The second-order valence-corrected chi connectivity index (χ2v) is 5.89. The lowest BCUT2D eigenvalue weighted by atomic mass is 9.85. The van der Waals surface area contributed by atoms with E-state index in [1.807, 2.05) is 19.2 Å². The molecule has 1 amide bonds. The molecule has 106 valence electrons. The lowest BCUT2D eigenvalue weighted by Crippen LogP contribution is -2.51. The Hall–Kier alpha value is -1.43. The number of carbonyl (C=O) groups is 2. The second-order valence-electron chi connectivity index (χ2n) is 5.17. The number of carboxylic acid groups (broad SMARTS) is 1. The smallest absolute Gasteiger partial charge is 0.305 e. The number of nitrogens with one attached hydrogen (secondary N) is 1. The van der Waals surface area contributed by atoms with E-state index < -0.39 is 11.5 Å². The molecule has 5 nitrogen and oxygen atoms in total. The number of aryl methyl sites for hydroxylation is 1. The number of nitrogens with zero attached hydrogens (tertiary/aromatic N) is 1. The van der Waals surface area contributed by atoms with Gasteiger partial charge in [-0.3, -0.25) is 9.59 Å². The molecule has 0 aromatic carbocycles. The van der Waals surface area contributed by atoms with Crippen molar-refractivity contribution in [2.24, 2.45) is 5.92 Å². The summed E-state index contributed by atoms with van der Waals surface area (Å²) in [4.78, 5) is 26.9. The first-order valence-electron chi connectivity index (χ1n) is 6.23. The van der Waals surface area contributed by atoms with Gasteiger partial charge in [-0.15, -0.1) is 11.3 Å². The van der Waals surface area contributed by atoms with Gasteiger partial charge in [0.25, 0.3) is 0 Å². The van der Waals surface area contributed by atoms with Crippen LogP contribution in [0.3, 0.4) is 0 Å². The molecule has 0 saturated carbocycles. The molecule has 1 rings (SSSR count). The minimum atomic E-state index is -0.906. The van der Waals surface area contributed by atoms with E-state index in [1.165, 1.54) is 11.3 Å². The van der Waals surface area contributed by atoms with Crippen molar-refractivity contribution in [3.05, 3.63) is 16.6 Å². The van der Waals surface area contributed by atoms with E-state index in [4.69, 9.17) is 5.11 Å². The maximum absolute atomic E-state index is 11.9. The third kappa shape index (κ3) is 4.98. The highest BCUT2D eigenvalue weighted by molar-refractivity contribution is 7.07. The molecule has 1 heterocycles. The van der Waals surface area contributed by atoms with Crippen LogP contribution >= 0.6 is 11.3 Å². The molecule has 0 radical (unpaired) electrons. The number of amides is 1.